The summed E-state index contributed by atoms with van der Waals surface area (Å²) in [5, 5.41) is 70.7. The number of rotatable bonds is 5. The Kier molecular flexibility index (Phi) is 7.27. The van der Waals surface area contributed by atoms with E-state index in [1.54, 1.807) is 0 Å². The summed E-state index contributed by atoms with van der Waals surface area (Å²) in [6, 6.07) is -1.28. The fourth-order valence-electron chi connectivity index (χ4n) is 2.97. The molecule has 10 atom stereocenters. The minimum Gasteiger partial charge on any atom is -0.394 e. The Hall–Kier alpha value is -0.930. The van der Waals surface area contributed by atoms with Crippen LogP contribution in [0.3, 0.4) is 0 Å². The Balaban J connectivity index is 2.21. The number of aliphatic hydroxyl groups excluding tert-OH is 7. The Bertz CT molecular complexity index is 478. The van der Waals surface area contributed by atoms with Crippen molar-refractivity contribution in [3.63, 3.8) is 0 Å². The van der Waals surface area contributed by atoms with E-state index in [-0.39, 0.29) is 0 Å². The molecule has 0 spiro atoms. The van der Waals surface area contributed by atoms with Crippen LogP contribution in [0, 0.1) is 0 Å². The zero-order chi connectivity index (χ0) is 19.6. The van der Waals surface area contributed by atoms with Crippen LogP contribution in [0.5, 0.6) is 0 Å². The van der Waals surface area contributed by atoms with Crippen LogP contribution >= 0.6 is 0 Å². The van der Waals surface area contributed by atoms with E-state index < -0.39 is 80.5 Å². The number of aliphatic hydroxyl groups is 7. The molecule has 0 aromatic heterocycles. The largest absolute Gasteiger partial charge is 0.394 e. The second-order valence-electron chi connectivity index (χ2n) is 6.26. The van der Waals surface area contributed by atoms with Gasteiger partial charge in [-0.1, -0.05) is 0 Å². The predicted octanol–water partition coefficient (Wildman–Crippen LogP) is -5.25. The number of hydrogen-bond donors (Lipinski definition) is 8. The van der Waals surface area contributed by atoms with Crippen molar-refractivity contribution in [1.82, 2.24) is 5.32 Å². The lowest BCUT2D eigenvalue weighted by molar-refractivity contribution is -0.341. The highest BCUT2D eigenvalue weighted by molar-refractivity contribution is 5.73. The first-order chi connectivity index (χ1) is 12.2. The first-order valence-corrected chi connectivity index (χ1v) is 8.06. The zero-order valence-corrected chi connectivity index (χ0v) is 14.0. The summed E-state index contributed by atoms with van der Waals surface area (Å²) >= 11 is 0. The Labute approximate surface area is 148 Å². The van der Waals surface area contributed by atoms with Crippen molar-refractivity contribution in [2.24, 2.45) is 0 Å². The van der Waals surface area contributed by atoms with Crippen LogP contribution in [0.1, 0.15) is 6.92 Å². The van der Waals surface area contributed by atoms with E-state index >= 15 is 0 Å². The number of carbonyl (C=O) groups excluding carboxylic acids is 1. The summed E-state index contributed by atoms with van der Waals surface area (Å²) in [5.74, 6) is -0.574. The average molecular weight is 383 g/mol. The van der Waals surface area contributed by atoms with Gasteiger partial charge in [0.1, 0.15) is 48.8 Å². The Morgan fingerprint density at radius 3 is 2.04 bits per heavy atom. The van der Waals surface area contributed by atoms with Gasteiger partial charge in [0.05, 0.1) is 13.2 Å². The van der Waals surface area contributed by atoms with Crippen molar-refractivity contribution in [2.45, 2.75) is 68.3 Å². The molecule has 0 radical (unpaired) electrons. The highest BCUT2D eigenvalue weighted by Gasteiger charge is 2.50. The number of amides is 1. The van der Waals surface area contributed by atoms with Gasteiger partial charge < -0.3 is 55.3 Å². The van der Waals surface area contributed by atoms with Gasteiger partial charge in [0, 0.05) is 6.92 Å². The molecular weight excluding hydrogens is 358 g/mol. The monoisotopic (exact) mass is 383 g/mol. The molecule has 2 heterocycles. The molecule has 0 aromatic rings. The van der Waals surface area contributed by atoms with Crippen molar-refractivity contribution in [2.75, 3.05) is 13.2 Å². The molecule has 6 unspecified atom stereocenters. The molecule has 2 saturated heterocycles. The third-order valence-electron chi connectivity index (χ3n) is 4.38. The van der Waals surface area contributed by atoms with Crippen LogP contribution in [-0.4, -0.2) is 116 Å². The molecular formula is C14H25NO11. The molecule has 0 aliphatic carbocycles. The predicted molar refractivity (Wildman–Crippen MR) is 80.2 cm³/mol. The minimum absolute atomic E-state index is 0.574. The molecule has 12 heteroatoms. The van der Waals surface area contributed by atoms with Crippen LogP contribution in [0.4, 0.5) is 0 Å². The average Bonchev–Trinajstić information content (AvgIpc) is 2.60. The van der Waals surface area contributed by atoms with E-state index in [1.807, 2.05) is 0 Å². The van der Waals surface area contributed by atoms with E-state index in [1.165, 1.54) is 0 Å². The summed E-state index contributed by atoms with van der Waals surface area (Å²) in [7, 11) is 0. The lowest BCUT2D eigenvalue weighted by Gasteiger charge is -2.46. The van der Waals surface area contributed by atoms with Gasteiger partial charge in [0.25, 0.3) is 0 Å². The second kappa shape index (κ2) is 8.84. The highest BCUT2D eigenvalue weighted by Crippen LogP contribution is 2.28. The summed E-state index contributed by atoms with van der Waals surface area (Å²) in [5.41, 5.74) is 0. The SMILES string of the molecule is CC(=O)NC1[C@@H](O[C@@H]2OC(CO)C(O)[C@H](O)C2O)C(O)C(CO)O[C@H]1O. The molecule has 26 heavy (non-hydrogen) atoms. The minimum atomic E-state index is -1.74. The molecule has 1 amide bonds. The molecule has 8 N–H and O–H groups in total. The van der Waals surface area contributed by atoms with Crippen LogP contribution in [0.25, 0.3) is 0 Å². The number of carbonyl (C=O) groups is 1. The van der Waals surface area contributed by atoms with E-state index in [0.29, 0.717) is 0 Å². The molecule has 152 valence electrons. The van der Waals surface area contributed by atoms with Crippen molar-refractivity contribution in [1.29, 1.82) is 0 Å². The Morgan fingerprint density at radius 2 is 1.50 bits per heavy atom. The normalized spacial score (nSPS) is 46.8. The quantitative estimate of drug-likeness (QED) is 0.226. The topological polar surface area (TPSA) is 198 Å². The molecule has 12 nitrogen and oxygen atoms in total. The molecule has 2 rings (SSSR count). The van der Waals surface area contributed by atoms with Crippen molar-refractivity contribution >= 4 is 5.91 Å². The van der Waals surface area contributed by atoms with Crippen molar-refractivity contribution in [3.05, 3.63) is 0 Å². The first kappa shape index (κ1) is 21.4. The fourth-order valence-corrected chi connectivity index (χ4v) is 2.97. The lowest BCUT2D eigenvalue weighted by Crippen LogP contribution is -2.67. The van der Waals surface area contributed by atoms with E-state index in [4.69, 9.17) is 14.2 Å². The van der Waals surface area contributed by atoms with Crippen LogP contribution < -0.4 is 5.32 Å². The smallest absolute Gasteiger partial charge is 0.217 e. The van der Waals surface area contributed by atoms with Gasteiger partial charge in [-0.25, -0.2) is 0 Å². The van der Waals surface area contributed by atoms with Crippen molar-refractivity contribution < 1.29 is 54.8 Å². The number of hydrogen-bond acceptors (Lipinski definition) is 11. The summed E-state index contributed by atoms with van der Waals surface area (Å²) < 4.78 is 15.7. The molecule has 2 aliphatic rings. The van der Waals surface area contributed by atoms with Gasteiger partial charge in [0.2, 0.25) is 5.91 Å². The summed E-state index contributed by atoms with van der Waals surface area (Å²) in [4.78, 5) is 11.4. The van der Waals surface area contributed by atoms with Gasteiger partial charge in [-0.3, -0.25) is 4.79 Å². The number of ether oxygens (including phenoxy) is 3. The first-order valence-electron chi connectivity index (χ1n) is 8.06. The maximum absolute atomic E-state index is 11.4. The summed E-state index contributed by atoms with van der Waals surface area (Å²) in [6.45, 7) is -0.195. The third kappa shape index (κ3) is 4.31. The second-order valence-corrected chi connectivity index (χ2v) is 6.26. The lowest BCUT2D eigenvalue weighted by atomic mass is 9.95. The molecule has 0 bridgehead atoms. The standard InChI is InChI=1S/C14H25NO11/c1-4(18)15-7-12(9(20)6(3-17)24-13(7)23)26-14-11(22)10(21)8(19)5(2-16)25-14/h5-14,16-17,19-23H,2-3H2,1H3,(H,15,18)/t5?,6?,7?,8?,9?,10-,11?,12+,13+,14-/m0/s1. The van der Waals surface area contributed by atoms with Gasteiger partial charge >= 0.3 is 0 Å². The van der Waals surface area contributed by atoms with Gasteiger partial charge in [0.15, 0.2) is 12.6 Å². The summed E-state index contributed by atoms with van der Waals surface area (Å²) in [6.07, 6.45) is -13.7. The van der Waals surface area contributed by atoms with Gasteiger partial charge in [-0.05, 0) is 0 Å². The molecule has 0 aromatic carbocycles. The highest BCUT2D eigenvalue weighted by atomic mass is 16.7. The fraction of sp³-hybridized carbons (Fsp3) is 0.929. The third-order valence-corrected chi connectivity index (χ3v) is 4.38. The van der Waals surface area contributed by atoms with Crippen LogP contribution in [0.2, 0.25) is 0 Å². The van der Waals surface area contributed by atoms with E-state index in [2.05, 4.69) is 5.32 Å². The molecule has 2 fully saturated rings. The van der Waals surface area contributed by atoms with Crippen LogP contribution in [0.15, 0.2) is 0 Å². The maximum atomic E-state index is 11.4. The maximum Gasteiger partial charge on any atom is 0.217 e. The zero-order valence-electron chi connectivity index (χ0n) is 14.0. The van der Waals surface area contributed by atoms with Gasteiger partial charge in [-0.15, -0.1) is 0 Å². The van der Waals surface area contributed by atoms with Crippen LogP contribution in [-0.2, 0) is 19.0 Å². The molecule has 0 saturated carbocycles. The Morgan fingerprint density at radius 1 is 0.923 bits per heavy atom. The number of nitrogens with one attached hydrogen (secondary N) is 1. The van der Waals surface area contributed by atoms with Gasteiger partial charge in [-0.2, -0.15) is 0 Å². The molecule has 2 aliphatic heterocycles. The van der Waals surface area contributed by atoms with E-state index in [0.717, 1.165) is 6.92 Å². The van der Waals surface area contributed by atoms with Crippen molar-refractivity contribution in [3.8, 4) is 0 Å². The van der Waals surface area contributed by atoms with E-state index in [9.17, 15) is 40.5 Å².